The number of hydrogen-bond acceptors (Lipinski definition) is 3. The van der Waals surface area contributed by atoms with Gasteiger partial charge >= 0.3 is 11.9 Å². The molecule has 4 heteroatoms. The SMILES string of the molecule is CCCCCCCCCCCC(CCCCC(C)C)OC(=O)C1CCCCC1C(=O)O. The molecule has 0 radical (unpaired) electrons. The number of carboxylic acid groups (broad SMARTS) is 1. The minimum Gasteiger partial charge on any atom is -0.481 e. The van der Waals surface area contributed by atoms with E-state index in [1.54, 1.807) is 0 Å². The molecule has 31 heavy (non-hydrogen) atoms. The zero-order valence-electron chi connectivity index (χ0n) is 20.7. The predicted octanol–water partition coefficient (Wildman–Crippen LogP) is 7.93. The van der Waals surface area contributed by atoms with E-state index in [-0.39, 0.29) is 12.1 Å². The maximum atomic E-state index is 12.8. The highest BCUT2D eigenvalue weighted by Gasteiger charge is 2.37. The van der Waals surface area contributed by atoms with Crippen LogP contribution in [0.1, 0.15) is 136 Å². The van der Waals surface area contributed by atoms with Crippen LogP contribution >= 0.6 is 0 Å². The zero-order valence-corrected chi connectivity index (χ0v) is 20.7. The first-order valence-electron chi connectivity index (χ1n) is 13.4. The first-order chi connectivity index (χ1) is 15.0. The van der Waals surface area contributed by atoms with Gasteiger partial charge in [-0.3, -0.25) is 9.59 Å². The molecular formula is C27H50O4. The van der Waals surface area contributed by atoms with Crippen molar-refractivity contribution in [3.63, 3.8) is 0 Å². The Balaban J connectivity index is 2.41. The van der Waals surface area contributed by atoms with Gasteiger partial charge in [-0.1, -0.05) is 97.8 Å². The molecule has 0 saturated heterocycles. The van der Waals surface area contributed by atoms with Crippen molar-refractivity contribution in [2.75, 3.05) is 0 Å². The van der Waals surface area contributed by atoms with E-state index >= 15 is 0 Å². The van der Waals surface area contributed by atoms with E-state index in [1.807, 2.05) is 0 Å². The van der Waals surface area contributed by atoms with Gasteiger partial charge in [-0.15, -0.1) is 0 Å². The Morgan fingerprint density at radius 3 is 1.81 bits per heavy atom. The van der Waals surface area contributed by atoms with Crippen molar-refractivity contribution in [1.82, 2.24) is 0 Å². The minimum atomic E-state index is -0.839. The topological polar surface area (TPSA) is 63.6 Å². The van der Waals surface area contributed by atoms with Crippen molar-refractivity contribution >= 4 is 11.9 Å². The molecule has 1 saturated carbocycles. The summed E-state index contributed by atoms with van der Waals surface area (Å²) in [6.45, 7) is 6.74. The molecule has 1 fully saturated rings. The number of ether oxygens (including phenoxy) is 1. The third-order valence-electron chi connectivity index (χ3n) is 6.86. The van der Waals surface area contributed by atoms with Crippen LogP contribution in [0.25, 0.3) is 0 Å². The van der Waals surface area contributed by atoms with Crippen LogP contribution in [-0.4, -0.2) is 23.1 Å². The van der Waals surface area contributed by atoms with Crippen LogP contribution in [0, 0.1) is 17.8 Å². The molecule has 1 N–H and O–H groups in total. The molecule has 4 nitrogen and oxygen atoms in total. The molecule has 0 aliphatic heterocycles. The fourth-order valence-electron chi connectivity index (χ4n) is 4.83. The van der Waals surface area contributed by atoms with Gasteiger partial charge < -0.3 is 9.84 Å². The average Bonchev–Trinajstić information content (AvgIpc) is 2.75. The van der Waals surface area contributed by atoms with Crippen LogP contribution in [0.3, 0.4) is 0 Å². The largest absolute Gasteiger partial charge is 0.481 e. The van der Waals surface area contributed by atoms with Crippen molar-refractivity contribution < 1.29 is 19.4 Å². The van der Waals surface area contributed by atoms with Gasteiger partial charge in [0.05, 0.1) is 11.8 Å². The van der Waals surface area contributed by atoms with Crippen molar-refractivity contribution in [2.24, 2.45) is 17.8 Å². The lowest BCUT2D eigenvalue weighted by molar-refractivity contribution is -0.164. The first-order valence-corrected chi connectivity index (χ1v) is 13.4. The van der Waals surface area contributed by atoms with Gasteiger partial charge in [-0.25, -0.2) is 0 Å². The summed E-state index contributed by atoms with van der Waals surface area (Å²) in [5.74, 6) is -1.40. The van der Waals surface area contributed by atoms with Crippen molar-refractivity contribution in [3.05, 3.63) is 0 Å². The van der Waals surface area contributed by atoms with Gasteiger partial charge in [0.15, 0.2) is 0 Å². The Bertz CT molecular complexity index is 474. The third-order valence-corrected chi connectivity index (χ3v) is 6.86. The number of unbranched alkanes of at least 4 members (excludes halogenated alkanes) is 9. The Hall–Kier alpha value is -1.06. The number of rotatable bonds is 18. The number of esters is 1. The van der Waals surface area contributed by atoms with Gasteiger partial charge in [0.2, 0.25) is 0 Å². The normalized spacial score (nSPS) is 20.0. The quantitative estimate of drug-likeness (QED) is 0.174. The zero-order chi connectivity index (χ0) is 22.9. The molecular weight excluding hydrogens is 388 g/mol. The number of carbonyl (C=O) groups excluding carboxylic acids is 1. The number of hydrogen-bond donors (Lipinski definition) is 1. The molecule has 0 heterocycles. The van der Waals surface area contributed by atoms with Crippen LogP contribution in [0.4, 0.5) is 0 Å². The lowest BCUT2D eigenvalue weighted by Gasteiger charge is -2.29. The maximum Gasteiger partial charge on any atom is 0.310 e. The van der Waals surface area contributed by atoms with E-state index in [0.717, 1.165) is 38.5 Å². The van der Waals surface area contributed by atoms with E-state index in [0.29, 0.717) is 18.8 Å². The summed E-state index contributed by atoms with van der Waals surface area (Å²) in [7, 11) is 0. The maximum absolute atomic E-state index is 12.8. The number of carboxylic acids is 1. The van der Waals surface area contributed by atoms with E-state index in [4.69, 9.17) is 4.74 Å². The fourth-order valence-corrected chi connectivity index (χ4v) is 4.83. The second-order valence-electron chi connectivity index (χ2n) is 10.2. The summed E-state index contributed by atoms with van der Waals surface area (Å²) >= 11 is 0. The van der Waals surface area contributed by atoms with E-state index in [2.05, 4.69) is 20.8 Å². The molecule has 1 rings (SSSR count). The summed E-state index contributed by atoms with van der Waals surface area (Å²) in [6, 6.07) is 0. The molecule has 0 amide bonds. The van der Waals surface area contributed by atoms with Crippen molar-refractivity contribution in [1.29, 1.82) is 0 Å². The second kappa shape index (κ2) is 17.5. The molecule has 3 unspecified atom stereocenters. The van der Waals surface area contributed by atoms with Gasteiger partial charge in [0, 0.05) is 0 Å². The summed E-state index contributed by atoms with van der Waals surface area (Å²) in [5, 5.41) is 9.50. The highest BCUT2D eigenvalue weighted by Crippen LogP contribution is 2.32. The highest BCUT2D eigenvalue weighted by atomic mass is 16.5. The Morgan fingerprint density at radius 2 is 1.26 bits per heavy atom. The predicted molar refractivity (Wildman–Crippen MR) is 128 cm³/mol. The highest BCUT2D eigenvalue weighted by molar-refractivity contribution is 5.81. The lowest BCUT2D eigenvalue weighted by atomic mass is 9.79. The molecule has 3 atom stereocenters. The van der Waals surface area contributed by atoms with E-state index in [1.165, 1.54) is 64.2 Å². The summed E-state index contributed by atoms with van der Waals surface area (Å²) in [5.41, 5.74) is 0. The molecule has 0 spiro atoms. The van der Waals surface area contributed by atoms with Gasteiger partial charge in [-0.2, -0.15) is 0 Å². The van der Waals surface area contributed by atoms with Crippen LogP contribution in [0.15, 0.2) is 0 Å². The number of carbonyl (C=O) groups is 2. The van der Waals surface area contributed by atoms with Crippen LogP contribution < -0.4 is 0 Å². The molecule has 1 aliphatic carbocycles. The lowest BCUT2D eigenvalue weighted by Crippen LogP contribution is -2.35. The summed E-state index contributed by atoms with van der Waals surface area (Å²) < 4.78 is 5.95. The molecule has 1 aliphatic rings. The monoisotopic (exact) mass is 438 g/mol. The molecule has 0 aromatic carbocycles. The van der Waals surface area contributed by atoms with E-state index in [9.17, 15) is 14.7 Å². The Morgan fingerprint density at radius 1 is 0.774 bits per heavy atom. The van der Waals surface area contributed by atoms with Gasteiger partial charge in [-0.05, 0) is 44.4 Å². The van der Waals surface area contributed by atoms with Crippen LogP contribution in [0.2, 0.25) is 0 Å². The molecule has 0 aromatic heterocycles. The van der Waals surface area contributed by atoms with Crippen molar-refractivity contribution in [3.8, 4) is 0 Å². The average molecular weight is 439 g/mol. The summed E-state index contributed by atoms with van der Waals surface area (Å²) in [6.07, 6.45) is 20.0. The van der Waals surface area contributed by atoms with Crippen LogP contribution in [0.5, 0.6) is 0 Å². The van der Waals surface area contributed by atoms with Crippen LogP contribution in [-0.2, 0) is 14.3 Å². The molecule has 182 valence electrons. The molecule has 0 bridgehead atoms. The van der Waals surface area contributed by atoms with Gasteiger partial charge in [0.1, 0.15) is 6.10 Å². The third kappa shape index (κ3) is 13.2. The minimum absolute atomic E-state index is 0.0411. The second-order valence-corrected chi connectivity index (χ2v) is 10.2. The van der Waals surface area contributed by atoms with Gasteiger partial charge in [0.25, 0.3) is 0 Å². The fraction of sp³-hybridized carbons (Fsp3) is 0.926. The van der Waals surface area contributed by atoms with Crippen molar-refractivity contribution in [2.45, 2.75) is 142 Å². The molecule has 0 aromatic rings. The van der Waals surface area contributed by atoms with E-state index < -0.39 is 17.8 Å². The Labute approximate surface area is 191 Å². The smallest absolute Gasteiger partial charge is 0.310 e. The first kappa shape index (κ1) is 28.0. The summed E-state index contributed by atoms with van der Waals surface area (Å²) in [4.78, 5) is 24.4. The number of aliphatic carboxylic acids is 1. The standard InChI is InChI=1S/C27H50O4/c1-4-5-6-7-8-9-10-11-12-18-23(19-14-13-17-22(2)3)31-27(30)25-21-16-15-20-24(25)26(28)29/h22-25H,4-21H2,1-3H3,(H,28,29). The Kier molecular flexibility index (Phi) is 15.8.